The fourth-order valence-corrected chi connectivity index (χ4v) is 4.95. The van der Waals surface area contributed by atoms with E-state index in [0.717, 1.165) is 17.0 Å². The van der Waals surface area contributed by atoms with Crippen LogP contribution in [0.4, 0.5) is 19.4 Å². The van der Waals surface area contributed by atoms with Crippen molar-refractivity contribution in [3.8, 4) is 5.75 Å². The van der Waals surface area contributed by atoms with Crippen LogP contribution in [0.25, 0.3) is 0 Å². The molecular weight excluding hydrogens is 569 g/mol. The van der Waals surface area contributed by atoms with Crippen LogP contribution in [0, 0.1) is 5.41 Å². The van der Waals surface area contributed by atoms with Crippen molar-refractivity contribution < 1.29 is 38.5 Å². The first-order chi connectivity index (χ1) is 18.0. The Morgan fingerprint density at radius 2 is 1.82 bits per heavy atom. The maximum absolute atomic E-state index is 12.7. The molecule has 0 unspecified atom stereocenters. The van der Waals surface area contributed by atoms with Gasteiger partial charge in [0.25, 0.3) is 0 Å². The molecule has 0 saturated heterocycles. The number of carbonyl (C=O) groups is 3. The van der Waals surface area contributed by atoms with Gasteiger partial charge in [-0.2, -0.15) is 0 Å². The highest BCUT2D eigenvalue weighted by molar-refractivity contribution is 8.45. The smallest absolute Gasteiger partial charge is 0.310 e. The van der Waals surface area contributed by atoms with Crippen molar-refractivity contribution in [1.82, 2.24) is 15.5 Å². The van der Waals surface area contributed by atoms with Crippen LogP contribution in [-0.4, -0.2) is 54.2 Å². The molecule has 16 heteroatoms. The lowest BCUT2D eigenvalue weighted by molar-refractivity contribution is -0.138. The lowest BCUT2D eigenvalue weighted by atomic mass is 10.2. The molecule has 3 rings (SSSR count). The molecule has 39 heavy (non-hydrogen) atoms. The number of benzene rings is 1. The first-order valence-electron chi connectivity index (χ1n) is 11.4. The maximum atomic E-state index is 12.7. The topological polar surface area (TPSA) is 138 Å². The van der Waals surface area contributed by atoms with Crippen LogP contribution in [0.1, 0.15) is 23.3 Å². The monoisotopic (exact) mass is 595 g/mol. The largest absolute Gasteiger partial charge is 0.494 e. The number of rotatable bonds is 12. The highest BCUT2D eigenvalue weighted by atomic mass is 32.5. The molecule has 0 radical (unpaired) electrons. The lowest BCUT2D eigenvalue weighted by Gasteiger charge is -2.40. The van der Waals surface area contributed by atoms with Gasteiger partial charge in [0.15, 0.2) is 0 Å². The van der Waals surface area contributed by atoms with Crippen LogP contribution in [0.15, 0.2) is 52.8 Å². The maximum Gasteiger partial charge on any atom is 0.310 e. The minimum atomic E-state index is -9.75. The van der Waals surface area contributed by atoms with Gasteiger partial charge in [-0.3, -0.25) is 19.8 Å². The van der Waals surface area contributed by atoms with E-state index in [2.05, 4.69) is 10.6 Å². The fraction of sp³-hybridized carbons (Fsp3) is 0.304. The first-order valence-corrected chi connectivity index (χ1v) is 14.3. The Balaban J connectivity index is 1.37. The summed E-state index contributed by atoms with van der Waals surface area (Å²) >= 11 is 1.33. The number of ether oxygens (including phenoxy) is 1. The third kappa shape index (κ3) is 8.68. The molecule has 1 aliphatic rings. The number of nitrogens with zero attached hydrogens (tertiary/aromatic N) is 1. The Bertz CT molecular complexity index is 1280. The van der Waals surface area contributed by atoms with Gasteiger partial charge in [-0.25, -0.2) is 0 Å². The molecule has 5 N–H and O–H groups in total. The van der Waals surface area contributed by atoms with Gasteiger partial charge >= 0.3 is 10.2 Å². The molecule has 1 atom stereocenters. The Labute approximate surface area is 224 Å². The molecule has 0 fully saturated rings. The molecule has 9 nitrogen and oxygen atoms in total. The third-order valence-electron chi connectivity index (χ3n) is 5.47. The van der Waals surface area contributed by atoms with Gasteiger partial charge in [-0.15, -0.1) is 11.3 Å². The lowest BCUT2D eigenvalue weighted by Crippen LogP contribution is -2.49. The Morgan fingerprint density at radius 3 is 2.44 bits per heavy atom. The zero-order valence-electron chi connectivity index (χ0n) is 20.3. The predicted octanol–water partition coefficient (Wildman–Crippen LogP) is 4.05. The number of halogens is 5. The second-order valence-corrected chi connectivity index (χ2v) is 11.9. The van der Waals surface area contributed by atoms with Crippen molar-refractivity contribution in [3.63, 3.8) is 0 Å². The molecule has 3 amide bonds. The summed E-state index contributed by atoms with van der Waals surface area (Å²) in [6.45, 7) is -0.0432. The summed E-state index contributed by atoms with van der Waals surface area (Å²) in [7, 11) is -9.75. The van der Waals surface area contributed by atoms with E-state index in [0.29, 0.717) is 5.56 Å². The van der Waals surface area contributed by atoms with E-state index < -0.39 is 38.9 Å². The number of thiophene rings is 1. The van der Waals surface area contributed by atoms with E-state index in [9.17, 15) is 33.8 Å². The normalized spacial score (nSPS) is 16.7. The summed E-state index contributed by atoms with van der Waals surface area (Å²) in [5.41, 5.74) is 5.98. The van der Waals surface area contributed by atoms with E-state index in [1.54, 1.807) is 23.6 Å². The summed E-state index contributed by atoms with van der Waals surface area (Å²) in [5.74, 6) is -1.53. The third-order valence-corrected chi connectivity index (χ3v) is 7.57. The summed E-state index contributed by atoms with van der Waals surface area (Å²) in [5, 5.41) is 14.3. The number of nitrogen functional groups attached to an aromatic ring is 1. The second-order valence-electron chi connectivity index (χ2n) is 8.52. The fourth-order valence-electron chi connectivity index (χ4n) is 3.48. The SMILES string of the molecule is N=C(N)c1csc(CNC(=O)[C@@H]2C=CCN2C(=O)CNC(=O)CCCOc2ccc(S(F)(F)(F)(F)F)cc2)c1. The summed E-state index contributed by atoms with van der Waals surface area (Å²) in [4.78, 5) is 37.3. The van der Waals surface area contributed by atoms with Gasteiger partial charge in [0.2, 0.25) is 17.7 Å². The van der Waals surface area contributed by atoms with Gasteiger partial charge in [0, 0.05) is 28.8 Å². The van der Waals surface area contributed by atoms with Gasteiger partial charge in [-0.05, 0) is 36.8 Å². The number of nitrogens with two attached hydrogens (primary N) is 1. The molecule has 2 heterocycles. The van der Waals surface area contributed by atoms with Crippen LogP contribution in [0.2, 0.25) is 0 Å². The molecule has 0 aliphatic carbocycles. The quantitative estimate of drug-likeness (QED) is 0.0965. The molecule has 0 spiro atoms. The number of hydrogen-bond acceptors (Lipinski definition) is 6. The van der Waals surface area contributed by atoms with Crippen molar-refractivity contribution in [1.29, 1.82) is 5.41 Å². The first kappa shape index (κ1) is 29.9. The average Bonchev–Trinajstić information content (AvgIpc) is 3.53. The van der Waals surface area contributed by atoms with Crippen LogP contribution in [0.3, 0.4) is 0 Å². The number of nitrogens with one attached hydrogen (secondary N) is 3. The van der Waals surface area contributed by atoms with E-state index >= 15 is 0 Å². The van der Waals surface area contributed by atoms with Crippen molar-refractivity contribution >= 4 is 45.1 Å². The van der Waals surface area contributed by atoms with Crippen LogP contribution in [0.5, 0.6) is 5.75 Å². The van der Waals surface area contributed by atoms with Crippen LogP contribution < -0.4 is 21.1 Å². The van der Waals surface area contributed by atoms with E-state index in [-0.39, 0.29) is 62.8 Å². The summed E-state index contributed by atoms with van der Waals surface area (Å²) in [6.07, 6.45) is 3.31. The van der Waals surface area contributed by atoms with Gasteiger partial charge in [0.1, 0.15) is 22.5 Å². The Morgan fingerprint density at radius 1 is 1.13 bits per heavy atom. The molecule has 214 valence electrons. The minimum Gasteiger partial charge on any atom is -0.494 e. The molecular formula is C23H26F5N5O4S2. The molecule has 1 aromatic carbocycles. The van der Waals surface area contributed by atoms with Crippen LogP contribution in [-0.2, 0) is 20.9 Å². The highest BCUT2D eigenvalue weighted by Crippen LogP contribution is 3.02. The number of hydrogen-bond donors (Lipinski definition) is 4. The van der Waals surface area contributed by atoms with E-state index in [1.165, 1.54) is 16.2 Å². The number of amides is 3. The molecule has 0 bridgehead atoms. The van der Waals surface area contributed by atoms with E-state index in [1.807, 2.05) is 0 Å². The summed E-state index contributed by atoms with van der Waals surface area (Å²) in [6, 6.07) is 2.86. The zero-order valence-corrected chi connectivity index (χ0v) is 21.9. The van der Waals surface area contributed by atoms with Gasteiger partial charge in [-0.1, -0.05) is 31.6 Å². The number of carbonyl (C=O) groups excluding carboxylic acids is 3. The van der Waals surface area contributed by atoms with Crippen molar-refractivity contribution in [2.75, 3.05) is 19.7 Å². The number of amidine groups is 1. The molecule has 1 aliphatic heterocycles. The van der Waals surface area contributed by atoms with Gasteiger partial charge < -0.3 is 26.0 Å². The highest BCUT2D eigenvalue weighted by Gasteiger charge is 2.65. The Hall–Kier alpha value is -3.66. The Kier molecular flexibility index (Phi) is 8.31. The second kappa shape index (κ2) is 10.8. The zero-order chi connectivity index (χ0) is 28.9. The average molecular weight is 596 g/mol. The van der Waals surface area contributed by atoms with Gasteiger partial charge in [0.05, 0.1) is 19.7 Å². The molecule has 0 saturated carbocycles. The van der Waals surface area contributed by atoms with Crippen molar-refractivity contribution in [2.45, 2.75) is 30.3 Å². The molecule has 1 aromatic heterocycles. The van der Waals surface area contributed by atoms with Crippen LogP contribution >= 0.6 is 21.6 Å². The predicted molar refractivity (Wildman–Crippen MR) is 137 cm³/mol. The standard InChI is InChI=1S/C23H26F5N5O4S2/c24-39(25,26,27,28)18-7-5-16(6-8-18)37-10-2-4-20(34)31-13-21(35)33-9-1-3-19(33)23(36)32-12-17-11-15(14-38-17)22(29)30/h1,3,5-8,11,14,19H,2,4,9-10,12-13H2,(H3,29,30)(H,31,34)(H,32,36)/t19-/m0/s1. The van der Waals surface area contributed by atoms with Crippen molar-refractivity contribution in [2.24, 2.45) is 5.73 Å². The minimum absolute atomic E-state index is 0.0674. The van der Waals surface area contributed by atoms with Crippen molar-refractivity contribution in [3.05, 3.63) is 58.3 Å². The van der Waals surface area contributed by atoms with E-state index in [4.69, 9.17) is 15.9 Å². The molecule has 2 aromatic rings. The summed E-state index contributed by atoms with van der Waals surface area (Å²) < 4.78 is 68.9.